The van der Waals surface area contributed by atoms with Crippen LogP contribution in [0.2, 0.25) is 0 Å². The van der Waals surface area contributed by atoms with E-state index in [0.717, 1.165) is 25.6 Å². The van der Waals surface area contributed by atoms with E-state index in [2.05, 4.69) is 44.8 Å². The number of aliphatic imine (C=N–C) groups is 1. The van der Waals surface area contributed by atoms with Crippen molar-refractivity contribution in [2.24, 2.45) is 10.9 Å². The number of guanidine groups is 1. The van der Waals surface area contributed by atoms with Crippen LogP contribution in [0.15, 0.2) is 23.7 Å². The Balaban J connectivity index is 1.98. The summed E-state index contributed by atoms with van der Waals surface area (Å²) in [4.78, 5) is 11.0. The number of nitrogens with one attached hydrogen (secondary N) is 1. The molecule has 112 valence electrons. The second-order valence-electron chi connectivity index (χ2n) is 5.62. The summed E-state index contributed by atoms with van der Waals surface area (Å²) in [5.74, 6) is 1.71. The second-order valence-corrected chi connectivity index (χ2v) is 5.62. The van der Waals surface area contributed by atoms with E-state index in [4.69, 9.17) is 0 Å². The molecule has 1 saturated heterocycles. The van der Waals surface area contributed by atoms with Gasteiger partial charge in [0.05, 0.1) is 12.4 Å². The van der Waals surface area contributed by atoms with Crippen molar-refractivity contribution in [3.8, 4) is 0 Å². The van der Waals surface area contributed by atoms with E-state index in [9.17, 15) is 0 Å². The van der Waals surface area contributed by atoms with Crippen molar-refractivity contribution in [3.63, 3.8) is 0 Å². The van der Waals surface area contributed by atoms with Gasteiger partial charge in [-0.2, -0.15) is 0 Å². The molecule has 2 rings (SSSR count). The van der Waals surface area contributed by atoms with Gasteiger partial charge in [0.25, 0.3) is 0 Å². The lowest BCUT2D eigenvalue weighted by molar-refractivity contribution is 0.189. The van der Waals surface area contributed by atoms with Crippen LogP contribution in [0.3, 0.4) is 0 Å². The van der Waals surface area contributed by atoms with Crippen LogP contribution in [0.4, 0.5) is 0 Å². The largest absolute Gasteiger partial charge is 0.356 e. The number of hydrogen-bond acceptors (Lipinski definition) is 2. The number of unbranched alkanes of at least 4 members (excludes halogenated alkanes) is 1. The Kier molecular flexibility index (Phi) is 5.44. The summed E-state index contributed by atoms with van der Waals surface area (Å²) in [7, 11) is 1.87. The van der Waals surface area contributed by atoms with Crippen molar-refractivity contribution in [3.05, 3.63) is 18.7 Å². The molecule has 1 aliphatic rings. The molecule has 0 spiro atoms. The van der Waals surface area contributed by atoms with E-state index in [1.807, 2.05) is 19.6 Å². The van der Waals surface area contributed by atoms with Crippen LogP contribution < -0.4 is 5.32 Å². The van der Waals surface area contributed by atoms with Crippen LogP contribution in [0.1, 0.15) is 39.2 Å². The molecule has 0 amide bonds. The molecule has 0 bridgehead atoms. The molecular weight excluding hydrogens is 250 g/mol. The number of likely N-dealkylation sites (tertiary alicyclic amines) is 1. The highest BCUT2D eigenvalue weighted by Gasteiger charge is 2.28. The van der Waals surface area contributed by atoms with Crippen LogP contribution in [-0.2, 0) is 0 Å². The molecule has 1 fully saturated rings. The molecule has 1 aliphatic heterocycles. The molecule has 5 nitrogen and oxygen atoms in total. The number of piperidine rings is 1. The molecule has 5 heteroatoms. The molecule has 2 atom stereocenters. The zero-order valence-corrected chi connectivity index (χ0v) is 12.9. The Morgan fingerprint density at radius 3 is 3.00 bits per heavy atom. The van der Waals surface area contributed by atoms with Gasteiger partial charge in [-0.25, -0.2) is 4.98 Å². The molecule has 2 unspecified atom stereocenters. The molecule has 20 heavy (non-hydrogen) atoms. The molecular formula is C15H27N5. The zero-order valence-electron chi connectivity index (χ0n) is 12.9. The molecule has 0 aromatic carbocycles. The Morgan fingerprint density at radius 2 is 2.35 bits per heavy atom. The third-order valence-corrected chi connectivity index (χ3v) is 4.15. The van der Waals surface area contributed by atoms with Crippen molar-refractivity contribution >= 4 is 5.96 Å². The first-order valence-corrected chi connectivity index (χ1v) is 7.69. The average molecular weight is 277 g/mol. The van der Waals surface area contributed by atoms with Crippen molar-refractivity contribution in [2.75, 3.05) is 26.7 Å². The topological polar surface area (TPSA) is 45.5 Å². The van der Waals surface area contributed by atoms with Crippen molar-refractivity contribution in [2.45, 2.75) is 39.2 Å². The normalized spacial score (nSPS) is 23.9. The lowest BCUT2D eigenvalue weighted by Gasteiger charge is -2.39. The summed E-state index contributed by atoms with van der Waals surface area (Å²) >= 11 is 0. The first-order valence-electron chi connectivity index (χ1n) is 7.69. The fourth-order valence-electron chi connectivity index (χ4n) is 2.80. The third kappa shape index (κ3) is 3.52. The first kappa shape index (κ1) is 14.9. The maximum absolute atomic E-state index is 4.43. The zero-order chi connectivity index (χ0) is 14.4. The highest BCUT2D eigenvalue weighted by molar-refractivity contribution is 5.80. The molecule has 1 aromatic heterocycles. The van der Waals surface area contributed by atoms with E-state index in [1.165, 1.54) is 19.3 Å². The number of rotatable bonds is 4. The van der Waals surface area contributed by atoms with Gasteiger partial charge in [-0.3, -0.25) is 4.99 Å². The van der Waals surface area contributed by atoms with Gasteiger partial charge < -0.3 is 14.8 Å². The summed E-state index contributed by atoms with van der Waals surface area (Å²) in [5, 5.41) is 3.47. The van der Waals surface area contributed by atoms with Crippen molar-refractivity contribution < 1.29 is 0 Å². The van der Waals surface area contributed by atoms with Gasteiger partial charge in [-0.1, -0.05) is 20.3 Å². The predicted molar refractivity (Wildman–Crippen MR) is 82.9 cm³/mol. The predicted octanol–water partition coefficient (Wildman–Crippen LogP) is 2.14. The monoisotopic (exact) mass is 277 g/mol. The van der Waals surface area contributed by atoms with E-state index in [0.29, 0.717) is 12.0 Å². The summed E-state index contributed by atoms with van der Waals surface area (Å²) in [6.07, 6.45) is 9.44. The van der Waals surface area contributed by atoms with Gasteiger partial charge in [-0.15, -0.1) is 0 Å². The van der Waals surface area contributed by atoms with Crippen LogP contribution in [0.5, 0.6) is 0 Å². The fraction of sp³-hybridized carbons (Fsp3) is 0.733. The number of hydrogen-bond donors (Lipinski definition) is 1. The SMILES string of the molecule is CCCCNC(=NC)N1CCC(C)C(n2ccnc2)C1. The van der Waals surface area contributed by atoms with Gasteiger partial charge in [0.1, 0.15) is 0 Å². The second kappa shape index (κ2) is 7.31. The van der Waals surface area contributed by atoms with Gasteiger partial charge >= 0.3 is 0 Å². The quantitative estimate of drug-likeness (QED) is 0.521. The van der Waals surface area contributed by atoms with Gasteiger partial charge in [0.2, 0.25) is 0 Å². The third-order valence-electron chi connectivity index (χ3n) is 4.15. The Bertz CT molecular complexity index is 412. The van der Waals surface area contributed by atoms with E-state index in [-0.39, 0.29) is 0 Å². The molecule has 0 aliphatic carbocycles. The van der Waals surface area contributed by atoms with Crippen LogP contribution >= 0.6 is 0 Å². The maximum atomic E-state index is 4.43. The minimum Gasteiger partial charge on any atom is -0.356 e. The average Bonchev–Trinajstić information content (AvgIpc) is 2.99. The minimum atomic E-state index is 0.482. The van der Waals surface area contributed by atoms with Gasteiger partial charge in [0, 0.05) is 39.1 Å². The van der Waals surface area contributed by atoms with Gasteiger partial charge in [-0.05, 0) is 18.8 Å². The van der Waals surface area contributed by atoms with E-state index in [1.54, 1.807) is 0 Å². The lowest BCUT2D eigenvalue weighted by atomic mass is 9.93. The summed E-state index contributed by atoms with van der Waals surface area (Å²) in [5.41, 5.74) is 0. The minimum absolute atomic E-state index is 0.482. The smallest absolute Gasteiger partial charge is 0.193 e. The van der Waals surface area contributed by atoms with E-state index >= 15 is 0 Å². The lowest BCUT2D eigenvalue weighted by Crippen LogP contribution is -2.49. The van der Waals surface area contributed by atoms with Crippen LogP contribution in [0.25, 0.3) is 0 Å². The highest BCUT2D eigenvalue weighted by atomic mass is 15.3. The summed E-state index contributed by atoms with van der Waals surface area (Å²) < 4.78 is 2.23. The van der Waals surface area contributed by atoms with Crippen LogP contribution in [0, 0.1) is 5.92 Å². The first-order chi connectivity index (χ1) is 9.76. The molecule has 1 aromatic rings. The Hall–Kier alpha value is -1.52. The van der Waals surface area contributed by atoms with Crippen molar-refractivity contribution in [1.82, 2.24) is 19.8 Å². The fourth-order valence-corrected chi connectivity index (χ4v) is 2.80. The van der Waals surface area contributed by atoms with Crippen molar-refractivity contribution in [1.29, 1.82) is 0 Å². The van der Waals surface area contributed by atoms with Gasteiger partial charge in [0.15, 0.2) is 5.96 Å². The molecule has 0 radical (unpaired) electrons. The number of aromatic nitrogens is 2. The number of nitrogens with zero attached hydrogens (tertiary/aromatic N) is 4. The maximum Gasteiger partial charge on any atom is 0.193 e. The van der Waals surface area contributed by atoms with E-state index < -0.39 is 0 Å². The standard InChI is InChI=1S/C15H27N5/c1-4-5-7-18-15(16-3)19-9-6-13(2)14(11-19)20-10-8-17-12-20/h8,10,12-14H,4-7,9,11H2,1-3H3,(H,16,18). The molecule has 0 saturated carbocycles. The Morgan fingerprint density at radius 1 is 1.50 bits per heavy atom. The van der Waals surface area contributed by atoms with Crippen LogP contribution in [-0.4, -0.2) is 47.1 Å². The number of imidazole rings is 1. The summed E-state index contributed by atoms with van der Waals surface area (Å²) in [6.45, 7) is 7.63. The summed E-state index contributed by atoms with van der Waals surface area (Å²) in [6, 6.07) is 0.482. The molecule has 2 heterocycles. The molecule has 1 N–H and O–H groups in total. The highest BCUT2D eigenvalue weighted by Crippen LogP contribution is 2.27. The Labute approximate surface area is 122 Å².